The summed E-state index contributed by atoms with van der Waals surface area (Å²) in [5, 5.41) is 6.62. The maximum Gasteiger partial charge on any atom is 0.163 e. The molecule has 1 saturated carbocycles. The Morgan fingerprint density at radius 1 is 0.952 bits per heavy atom. The van der Waals surface area contributed by atoms with Gasteiger partial charge in [0.15, 0.2) is 11.5 Å². The fourth-order valence-electron chi connectivity index (χ4n) is 2.21. The lowest BCUT2D eigenvalue weighted by Gasteiger charge is -2.19. The number of anilines is 3. The molecule has 1 aliphatic heterocycles. The van der Waals surface area contributed by atoms with Gasteiger partial charge in [-0.05, 0) is 25.0 Å². The zero-order chi connectivity index (χ0) is 14.1. The molecule has 1 aromatic carbocycles. The molecule has 0 spiro atoms. The van der Waals surface area contributed by atoms with Crippen LogP contribution in [0.5, 0.6) is 11.5 Å². The average molecular weight is 284 g/mol. The maximum absolute atomic E-state index is 5.58. The zero-order valence-electron chi connectivity index (χ0n) is 11.5. The summed E-state index contributed by atoms with van der Waals surface area (Å²) in [5.41, 5.74) is 0.912. The lowest BCUT2D eigenvalue weighted by molar-refractivity contribution is 0.171. The van der Waals surface area contributed by atoms with E-state index in [4.69, 9.17) is 9.47 Å². The van der Waals surface area contributed by atoms with Crippen LogP contribution in [0.1, 0.15) is 12.8 Å². The zero-order valence-corrected chi connectivity index (χ0v) is 11.5. The number of aromatic nitrogens is 2. The summed E-state index contributed by atoms with van der Waals surface area (Å²) in [5.74, 6) is 3.15. The summed E-state index contributed by atoms with van der Waals surface area (Å²) in [7, 11) is 0. The van der Waals surface area contributed by atoms with Crippen molar-refractivity contribution in [2.45, 2.75) is 18.9 Å². The number of fused-ring (bicyclic) bond motifs is 1. The number of nitrogens with one attached hydrogen (secondary N) is 2. The maximum atomic E-state index is 5.58. The standard InChI is InChI=1S/C15H16N4O2/c1-2-10(1)18-14-8-15(17-9-16-14)19-11-3-4-12-13(7-11)21-6-5-20-12/h3-4,7-10H,1-2,5-6H2,(H2,16,17,18,19). The molecule has 2 aliphatic rings. The number of nitrogens with zero attached hydrogens (tertiary/aromatic N) is 2. The monoisotopic (exact) mass is 284 g/mol. The van der Waals surface area contributed by atoms with Gasteiger partial charge in [-0.1, -0.05) is 0 Å². The summed E-state index contributed by atoms with van der Waals surface area (Å²) in [4.78, 5) is 8.46. The van der Waals surface area contributed by atoms with Crippen LogP contribution in [0.15, 0.2) is 30.6 Å². The second-order valence-electron chi connectivity index (χ2n) is 5.19. The first-order valence-electron chi connectivity index (χ1n) is 7.12. The van der Waals surface area contributed by atoms with Gasteiger partial charge < -0.3 is 20.1 Å². The van der Waals surface area contributed by atoms with Gasteiger partial charge in [0.2, 0.25) is 0 Å². The first kappa shape index (κ1) is 12.3. The van der Waals surface area contributed by atoms with Gasteiger partial charge >= 0.3 is 0 Å². The van der Waals surface area contributed by atoms with E-state index in [1.807, 2.05) is 24.3 Å². The molecular formula is C15H16N4O2. The van der Waals surface area contributed by atoms with Crippen LogP contribution in [-0.2, 0) is 0 Å². The van der Waals surface area contributed by atoms with Crippen molar-refractivity contribution in [3.63, 3.8) is 0 Å². The Balaban J connectivity index is 1.52. The lowest BCUT2D eigenvalue weighted by atomic mass is 10.2. The number of hydrogen-bond acceptors (Lipinski definition) is 6. The van der Waals surface area contributed by atoms with E-state index in [1.165, 1.54) is 12.8 Å². The Morgan fingerprint density at radius 2 is 1.76 bits per heavy atom. The minimum absolute atomic E-state index is 0.571. The highest BCUT2D eigenvalue weighted by atomic mass is 16.6. The van der Waals surface area contributed by atoms with Crippen LogP contribution in [0.25, 0.3) is 0 Å². The summed E-state index contributed by atoms with van der Waals surface area (Å²) < 4.78 is 11.1. The number of rotatable bonds is 4. The van der Waals surface area contributed by atoms with Crippen LogP contribution >= 0.6 is 0 Å². The summed E-state index contributed by atoms with van der Waals surface area (Å²) in [6.45, 7) is 1.18. The van der Waals surface area contributed by atoms with E-state index in [9.17, 15) is 0 Å². The second-order valence-corrected chi connectivity index (χ2v) is 5.19. The molecule has 108 valence electrons. The third-order valence-corrected chi connectivity index (χ3v) is 3.41. The van der Waals surface area contributed by atoms with Crippen molar-refractivity contribution >= 4 is 17.3 Å². The van der Waals surface area contributed by atoms with E-state index in [1.54, 1.807) is 6.33 Å². The molecule has 0 unspecified atom stereocenters. The molecule has 0 radical (unpaired) electrons. The van der Waals surface area contributed by atoms with Gasteiger partial charge in [-0.25, -0.2) is 9.97 Å². The normalized spacial score (nSPS) is 16.4. The molecule has 4 rings (SSSR count). The van der Waals surface area contributed by atoms with E-state index in [-0.39, 0.29) is 0 Å². The largest absolute Gasteiger partial charge is 0.486 e. The Bertz CT molecular complexity index is 658. The molecule has 0 saturated heterocycles. The smallest absolute Gasteiger partial charge is 0.163 e. The summed E-state index contributed by atoms with van der Waals surface area (Å²) in [6, 6.07) is 8.26. The molecular weight excluding hydrogens is 268 g/mol. The molecule has 2 aromatic rings. The second kappa shape index (κ2) is 5.12. The highest BCUT2D eigenvalue weighted by Gasteiger charge is 2.21. The fraction of sp³-hybridized carbons (Fsp3) is 0.333. The van der Waals surface area contributed by atoms with Crippen molar-refractivity contribution in [2.75, 3.05) is 23.8 Å². The topological polar surface area (TPSA) is 68.3 Å². The van der Waals surface area contributed by atoms with E-state index in [0.717, 1.165) is 28.8 Å². The molecule has 0 bridgehead atoms. The predicted octanol–water partition coefficient (Wildman–Crippen LogP) is 2.57. The Kier molecular flexibility index (Phi) is 2.99. The van der Waals surface area contributed by atoms with Gasteiger partial charge in [0.25, 0.3) is 0 Å². The number of hydrogen-bond donors (Lipinski definition) is 2. The third-order valence-electron chi connectivity index (χ3n) is 3.41. The Labute approximate surface area is 122 Å². The molecule has 2 heterocycles. The van der Waals surface area contributed by atoms with Gasteiger partial charge in [0, 0.05) is 23.9 Å². The van der Waals surface area contributed by atoms with Crippen molar-refractivity contribution in [3.8, 4) is 11.5 Å². The molecule has 6 nitrogen and oxygen atoms in total. The quantitative estimate of drug-likeness (QED) is 0.899. The predicted molar refractivity (Wildman–Crippen MR) is 79.4 cm³/mol. The van der Waals surface area contributed by atoms with Crippen LogP contribution in [0.2, 0.25) is 0 Å². The first-order chi connectivity index (χ1) is 10.4. The molecule has 0 atom stereocenters. The van der Waals surface area contributed by atoms with Gasteiger partial charge in [0.05, 0.1) is 0 Å². The van der Waals surface area contributed by atoms with E-state index in [2.05, 4.69) is 20.6 Å². The van der Waals surface area contributed by atoms with Crippen molar-refractivity contribution < 1.29 is 9.47 Å². The van der Waals surface area contributed by atoms with Crippen LogP contribution < -0.4 is 20.1 Å². The van der Waals surface area contributed by atoms with E-state index in [0.29, 0.717) is 19.3 Å². The van der Waals surface area contributed by atoms with Crippen LogP contribution in [0.3, 0.4) is 0 Å². The number of benzene rings is 1. The van der Waals surface area contributed by atoms with E-state index >= 15 is 0 Å². The highest BCUT2D eigenvalue weighted by molar-refractivity contribution is 5.63. The van der Waals surface area contributed by atoms with Crippen LogP contribution in [-0.4, -0.2) is 29.2 Å². The molecule has 1 aromatic heterocycles. The van der Waals surface area contributed by atoms with Gasteiger partial charge in [-0.15, -0.1) is 0 Å². The van der Waals surface area contributed by atoms with Crippen molar-refractivity contribution in [3.05, 3.63) is 30.6 Å². The molecule has 21 heavy (non-hydrogen) atoms. The van der Waals surface area contributed by atoms with E-state index < -0.39 is 0 Å². The van der Waals surface area contributed by atoms with Gasteiger partial charge in [0.1, 0.15) is 31.2 Å². The van der Waals surface area contributed by atoms with Crippen molar-refractivity contribution in [2.24, 2.45) is 0 Å². The van der Waals surface area contributed by atoms with Gasteiger partial charge in [-0.2, -0.15) is 0 Å². The molecule has 6 heteroatoms. The summed E-state index contributed by atoms with van der Waals surface area (Å²) >= 11 is 0. The van der Waals surface area contributed by atoms with Crippen molar-refractivity contribution in [1.29, 1.82) is 0 Å². The first-order valence-corrected chi connectivity index (χ1v) is 7.12. The SMILES string of the molecule is c1nc(Nc2ccc3c(c2)OCCO3)cc(NC2CC2)n1. The Hall–Kier alpha value is -2.50. The van der Waals surface area contributed by atoms with Crippen LogP contribution in [0, 0.1) is 0 Å². The molecule has 0 amide bonds. The van der Waals surface area contributed by atoms with Crippen LogP contribution in [0.4, 0.5) is 17.3 Å². The summed E-state index contributed by atoms with van der Waals surface area (Å²) in [6.07, 6.45) is 3.99. The average Bonchev–Trinajstić information content (AvgIpc) is 3.31. The molecule has 2 N–H and O–H groups in total. The molecule has 1 fully saturated rings. The highest BCUT2D eigenvalue weighted by Crippen LogP contribution is 2.33. The Morgan fingerprint density at radius 3 is 2.62 bits per heavy atom. The lowest BCUT2D eigenvalue weighted by Crippen LogP contribution is -2.15. The fourth-order valence-corrected chi connectivity index (χ4v) is 2.21. The number of ether oxygens (including phenoxy) is 2. The minimum atomic E-state index is 0.571. The van der Waals surface area contributed by atoms with Crippen molar-refractivity contribution in [1.82, 2.24) is 9.97 Å². The minimum Gasteiger partial charge on any atom is -0.486 e. The van der Waals surface area contributed by atoms with Gasteiger partial charge in [-0.3, -0.25) is 0 Å². The third kappa shape index (κ3) is 2.84. The molecule has 1 aliphatic carbocycles.